The molecule has 0 aliphatic carbocycles. The molecule has 5 atom stereocenters. The lowest BCUT2D eigenvalue weighted by Gasteiger charge is -2.50. The van der Waals surface area contributed by atoms with Crippen LogP contribution >= 0.6 is 0 Å². The van der Waals surface area contributed by atoms with E-state index in [-0.39, 0.29) is 11.6 Å². The maximum Gasteiger partial charge on any atom is 0.129 e. The summed E-state index contributed by atoms with van der Waals surface area (Å²) in [7, 11) is 2.14. The third-order valence-corrected chi connectivity index (χ3v) is 5.74. The zero-order valence-corrected chi connectivity index (χ0v) is 14.2. The first-order chi connectivity index (χ1) is 12.1. The number of hydrogen-bond donors (Lipinski definition) is 1. The average molecular weight is 351 g/mol. The third-order valence-electron chi connectivity index (χ3n) is 5.74. The molecular formula is C17H23F2N5O. The summed E-state index contributed by atoms with van der Waals surface area (Å²) >= 11 is 0. The summed E-state index contributed by atoms with van der Waals surface area (Å²) in [6, 6.07) is 3.72. The van der Waals surface area contributed by atoms with Crippen LogP contribution in [0.1, 0.15) is 18.1 Å². The molecule has 1 aromatic carbocycles. The summed E-state index contributed by atoms with van der Waals surface area (Å²) < 4.78 is 33.6. The second-order valence-corrected chi connectivity index (χ2v) is 7.35. The second-order valence-electron chi connectivity index (χ2n) is 7.35. The molecule has 2 N–H and O–H groups in total. The van der Waals surface area contributed by atoms with Crippen molar-refractivity contribution < 1.29 is 13.5 Å². The zero-order chi connectivity index (χ0) is 17.6. The Labute approximate surface area is 145 Å². The quantitative estimate of drug-likeness (QED) is 0.512. The number of likely N-dealkylation sites (N-methyl/N-ethyl adjacent to an activating group) is 1. The van der Waals surface area contributed by atoms with Crippen LogP contribution in [0.15, 0.2) is 28.5 Å². The Kier molecular flexibility index (Phi) is 4.43. The smallest absolute Gasteiger partial charge is 0.129 e. The van der Waals surface area contributed by atoms with Crippen LogP contribution in [-0.4, -0.2) is 61.2 Å². The van der Waals surface area contributed by atoms with E-state index < -0.39 is 23.8 Å². The highest BCUT2D eigenvalue weighted by molar-refractivity contribution is 5.23. The van der Waals surface area contributed by atoms with Gasteiger partial charge in [-0.05, 0) is 31.7 Å². The van der Waals surface area contributed by atoms with Gasteiger partial charge in [0.2, 0.25) is 0 Å². The maximum absolute atomic E-state index is 14.2. The Balaban J connectivity index is 1.50. The van der Waals surface area contributed by atoms with E-state index in [2.05, 4.69) is 27.2 Å². The fourth-order valence-electron chi connectivity index (χ4n) is 4.56. The normalized spacial score (nSPS) is 36.5. The molecule has 2 unspecified atom stereocenters. The van der Waals surface area contributed by atoms with Gasteiger partial charge >= 0.3 is 0 Å². The molecule has 0 saturated carbocycles. The number of ether oxygens (including phenoxy) is 1. The first-order valence-corrected chi connectivity index (χ1v) is 8.67. The van der Waals surface area contributed by atoms with E-state index in [1.165, 1.54) is 6.07 Å². The minimum absolute atomic E-state index is 0.179. The van der Waals surface area contributed by atoms with Crippen molar-refractivity contribution in [2.75, 3.05) is 33.3 Å². The number of fused-ring (bicyclic) bond motifs is 1. The fraction of sp³-hybridized carbons (Fsp3) is 0.647. The number of likely N-dealkylation sites (tertiary alicyclic amines) is 2. The van der Waals surface area contributed by atoms with Gasteiger partial charge in [-0.15, -0.1) is 0 Å². The number of hydrogen-bond acceptors (Lipinski definition) is 5. The molecule has 0 amide bonds. The average Bonchev–Trinajstić information content (AvgIpc) is 2.86. The Bertz CT molecular complexity index is 672. The molecule has 3 saturated heterocycles. The van der Waals surface area contributed by atoms with E-state index in [4.69, 9.17) is 10.6 Å². The monoisotopic (exact) mass is 351 g/mol. The summed E-state index contributed by atoms with van der Waals surface area (Å²) in [6.45, 7) is 3.72. The van der Waals surface area contributed by atoms with Gasteiger partial charge in [-0.2, -0.15) is 5.11 Å². The summed E-state index contributed by atoms with van der Waals surface area (Å²) in [4.78, 5) is 4.80. The molecule has 4 rings (SSSR count). The summed E-state index contributed by atoms with van der Waals surface area (Å²) in [5.74, 6) is 4.98. The van der Waals surface area contributed by atoms with Crippen molar-refractivity contribution >= 4 is 0 Å². The Morgan fingerprint density at radius 1 is 1.24 bits per heavy atom. The van der Waals surface area contributed by atoms with Crippen molar-refractivity contribution in [3.63, 3.8) is 0 Å². The van der Waals surface area contributed by atoms with Gasteiger partial charge in [-0.1, -0.05) is 5.22 Å². The van der Waals surface area contributed by atoms with Crippen LogP contribution in [0.5, 0.6) is 0 Å². The van der Waals surface area contributed by atoms with Crippen molar-refractivity contribution in [2.24, 2.45) is 22.1 Å². The standard InChI is InChI=1S/C17H23F2N5O/c1-23-6-10-7-24(16(10)8-23)12-5-15(21-22-20)17(25-9-12)13-4-11(18)2-3-14(13)19/h2-4,10,12,15-17H,5-9H2,1H3,(H2,20,21)/t10?,12-,15+,16?,17-/m1/s1. The van der Waals surface area contributed by atoms with Crippen LogP contribution < -0.4 is 5.84 Å². The first kappa shape index (κ1) is 16.8. The van der Waals surface area contributed by atoms with E-state index in [9.17, 15) is 8.78 Å². The van der Waals surface area contributed by atoms with E-state index in [0.29, 0.717) is 19.1 Å². The molecule has 136 valence electrons. The minimum atomic E-state index is -0.664. The predicted octanol–water partition coefficient (Wildman–Crippen LogP) is 1.74. The molecule has 0 aromatic heterocycles. The summed E-state index contributed by atoms with van der Waals surface area (Å²) in [5, 5.41) is 7.46. The molecule has 3 fully saturated rings. The third kappa shape index (κ3) is 3.02. The van der Waals surface area contributed by atoms with Crippen molar-refractivity contribution in [1.29, 1.82) is 0 Å². The molecule has 6 nitrogen and oxygen atoms in total. The molecule has 3 aliphatic rings. The second kappa shape index (κ2) is 6.59. The number of halogens is 2. The molecule has 0 spiro atoms. The van der Waals surface area contributed by atoms with E-state index in [0.717, 1.165) is 37.7 Å². The molecular weight excluding hydrogens is 328 g/mol. The Morgan fingerprint density at radius 2 is 2.08 bits per heavy atom. The van der Waals surface area contributed by atoms with Gasteiger partial charge in [-0.25, -0.2) is 8.78 Å². The highest BCUT2D eigenvalue weighted by Crippen LogP contribution is 2.39. The summed E-state index contributed by atoms with van der Waals surface area (Å²) in [6.07, 6.45) is 0.0106. The first-order valence-electron chi connectivity index (χ1n) is 8.67. The molecule has 25 heavy (non-hydrogen) atoms. The number of nitrogens with two attached hydrogens (primary N) is 1. The van der Waals surface area contributed by atoms with E-state index >= 15 is 0 Å². The highest BCUT2D eigenvalue weighted by atomic mass is 19.1. The zero-order valence-electron chi connectivity index (χ0n) is 14.2. The van der Waals surface area contributed by atoms with Crippen molar-refractivity contribution in [1.82, 2.24) is 9.80 Å². The van der Waals surface area contributed by atoms with Crippen molar-refractivity contribution in [3.05, 3.63) is 35.4 Å². The van der Waals surface area contributed by atoms with Crippen molar-refractivity contribution in [3.8, 4) is 0 Å². The Morgan fingerprint density at radius 3 is 2.84 bits per heavy atom. The summed E-state index contributed by atoms with van der Waals surface area (Å²) in [5.41, 5.74) is 0.179. The van der Waals surface area contributed by atoms with Gasteiger partial charge in [0.25, 0.3) is 0 Å². The molecule has 3 heterocycles. The molecule has 1 aromatic rings. The highest BCUT2D eigenvalue weighted by Gasteiger charge is 2.49. The number of rotatable bonds is 3. The van der Waals surface area contributed by atoms with Gasteiger partial charge in [0.05, 0.1) is 6.61 Å². The van der Waals surface area contributed by atoms with Crippen LogP contribution in [0, 0.1) is 17.6 Å². The van der Waals surface area contributed by atoms with Crippen LogP contribution in [-0.2, 0) is 4.74 Å². The lowest BCUT2D eigenvalue weighted by Crippen LogP contribution is -2.62. The maximum atomic E-state index is 14.2. The van der Waals surface area contributed by atoms with Gasteiger partial charge in [0, 0.05) is 43.2 Å². The number of benzene rings is 1. The molecule has 0 radical (unpaired) electrons. The van der Waals surface area contributed by atoms with Gasteiger partial charge in [0.1, 0.15) is 23.8 Å². The largest absolute Gasteiger partial charge is 0.369 e. The van der Waals surface area contributed by atoms with Gasteiger partial charge in [-0.3, -0.25) is 4.90 Å². The fourth-order valence-corrected chi connectivity index (χ4v) is 4.56. The lowest BCUT2D eigenvalue weighted by atomic mass is 9.86. The molecule has 0 bridgehead atoms. The van der Waals surface area contributed by atoms with Gasteiger partial charge in [0.15, 0.2) is 0 Å². The molecule has 3 aliphatic heterocycles. The Hall–Kier alpha value is -1.64. The van der Waals surface area contributed by atoms with Crippen molar-refractivity contribution in [2.45, 2.75) is 30.7 Å². The minimum Gasteiger partial charge on any atom is -0.369 e. The van der Waals surface area contributed by atoms with Crippen LogP contribution in [0.2, 0.25) is 0 Å². The van der Waals surface area contributed by atoms with Gasteiger partial charge < -0.3 is 15.5 Å². The predicted molar refractivity (Wildman–Crippen MR) is 87.8 cm³/mol. The van der Waals surface area contributed by atoms with E-state index in [1.807, 2.05) is 0 Å². The lowest BCUT2D eigenvalue weighted by molar-refractivity contribution is -0.0943. The topological polar surface area (TPSA) is 66.5 Å². The van der Waals surface area contributed by atoms with Crippen LogP contribution in [0.25, 0.3) is 0 Å². The SMILES string of the molecule is CN1CC2CN([C@H]3CO[C@H](c4cc(F)ccc4F)[C@@H](N=NN)C3)C2C1. The van der Waals surface area contributed by atoms with Crippen LogP contribution in [0.3, 0.4) is 0 Å². The number of nitrogens with zero attached hydrogens (tertiary/aromatic N) is 4. The van der Waals surface area contributed by atoms with E-state index in [1.54, 1.807) is 0 Å². The van der Waals surface area contributed by atoms with Crippen LogP contribution in [0.4, 0.5) is 8.78 Å². The molecule has 8 heteroatoms.